The molecular formula is C12H14N2O5. The van der Waals surface area contributed by atoms with Crippen LogP contribution in [0, 0.1) is 0 Å². The number of alkyl carbamates (subject to hydrolysis) is 1. The maximum absolute atomic E-state index is 10.7. The largest absolute Gasteiger partial charge is 0.478 e. The number of hydrogen-bond donors (Lipinski definition) is 2. The number of nitrogens with zero attached hydrogens (tertiary/aromatic N) is 1. The lowest BCUT2D eigenvalue weighted by atomic mass is 10.2. The molecule has 1 aromatic rings. The second kappa shape index (κ2) is 7.70. The summed E-state index contributed by atoms with van der Waals surface area (Å²) < 4.78 is 9.50. The van der Waals surface area contributed by atoms with E-state index >= 15 is 0 Å². The lowest BCUT2D eigenvalue weighted by molar-refractivity contribution is -0.131. The first-order chi connectivity index (χ1) is 9.11. The lowest BCUT2D eigenvalue weighted by Gasteiger charge is -1.93. The molecule has 0 aliphatic heterocycles. The van der Waals surface area contributed by atoms with Crippen molar-refractivity contribution in [2.24, 2.45) is 0 Å². The van der Waals surface area contributed by atoms with Gasteiger partial charge in [-0.25, -0.2) is 14.6 Å². The summed E-state index contributed by atoms with van der Waals surface area (Å²) in [5, 5.41) is 10.7. The second-order valence-electron chi connectivity index (χ2n) is 3.43. The van der Waals surface area contributed by atoms with Crippen LogP contribution in [0.25, 0.3) is 6.08 Å². The molecule has 0 saturated carbocycles. The molecule has 2 N–H and O–H groups in total. The number of methoxy groups -OCH3 is 1. The number of carbonyl (C=O) groups excluding carboxylic acids is 1. The van der Waals surface area contributed by atoms with Gasteiger partial charge in [0.1, 0.15) is 6.26 Å². The molecule has 0 spiro atoms. The summed E-state index contributed by atoms with van der Waals surface area (Å²) in [5.41, 5.74) is 0.702. The predicted molar refractivity (Wildman–Crippen MR) is 66.2 cm³/mol. The zero-order valence-corrected chi connectivity index (χ0v) is 10.3. The van der Waals surface area contributed by atoms with Crippen molar-refractivity contribution < 1.29 is 23.8 Å². The number of hydrogen-bond acceptors (Lipinski definition) is 5. The number of ether oxygens (including phenoxy) is 1. The van der Waals surface area contributed by atoms with Gasteiger partial charge in [-0.05, 0) is 12.8 Å². The highest BCUT2D eigenvalue weighted by molar-refractivity contribution is 5.79. The summed E-state index contributed by atoms with van der Waals surface area (Å²) in [5.74, 6) is -0.633. The highest BCUT2D eigenvalue weighted by Gasteiger charge is 2.00. The molecule has 0 aliphatic carbocycles. The van der Waals surface area contributed by atoms with Gasteiger partial charge in [0.15, 0.2) is 0 Å². The molecule has 0 radical (unpaired) electrons. The predicted octanol–water partition coefficient (Wildman–Crippen LogP) is 1.57. The number of aromatic nitrogens is 1. The zero-order valence-electron chi connectivity index (χ0n) is 10.3. The second-order valence-corrected chi connectivity index (χ2v) is 3.43. The summed E-state index contributed by atoms with van der Waals surface area (Å²) in [6.07, 6.45) is 7.49. The van der Waals surface area contributed by atoms with Crippen LogP contribution in [0.4, 0.5) is 4.79 Å². The van der Waals surface area contributed by atoms with Crippen molar-refractivity contribution in [2.45, 2.75) is 12.8 Å². The van der Waals surface area contributed by atoms with Crippen LogP contribution in [0.5, 0.6) is 0 Å². The Kier molecular flexibility index (Phi) is 5.87. The number of carbonyl (C=O) groups is 2. The molecule has 1 amide bonds. The molecule has 102 valence electrons. The van der Waals surface area contributed by atoms with E-state index in [2.05, 4.69) is 15.0 Å². The first-order valence-corrected chi connectivity index (χ1v) is 5.46. The first-order valence-electron chi connectivity index (χ1n) is 5.46. The third kappa shape index (κ3) is 6.06. The summed E-state index contributed by atoms with van der Waals surface area (Å²) in [6.45, 7) is 0. The van der Waals surface area contributed by atoms with Gasteiger partial charge in [-0.3, -0.25) is 5.32 Å². The van der Waals surface area contributed by atoms with E-state index in [9.17, 15) is 9.59 Å². The van der Waals surface area contributed by atoms with Gasteiger partial charge < -0.3 is 14.3 Å². The SMILES string of the molecule is COC(=O)N/C=C\c1nc(CC/C=C\C(=O)O)co1. The van der Waals surface area contributed by atoms with Crippen molar-refractivity contribution in [1.82, 2.24) is 10.3 Å². The molecule has 0 unspecified atom stereocenters. The number of oxazole rings is 1. The summed E-state index contributed by atoms with van der Waals surface area (Å²) in [6, 6.07) is 0. The van der Waals surface area contributed by atoms with Crippen LogP contribution in [0.15, 0.2) is 29.0 Å². The molecular weight excluding hydrogens is 252 g/mol. The van der Waals surface area contributed by atoms with Crippen LogP contribution in [0.1, 0.15) is 18.0 Å². The van der Waals surface area contributed by atoms with E-state index in [1.54, 1.807) is 6.08 Å². The number of allylic oxidation sites excluding steroid dienone is 1. The van der Waals surface area contributed by atoms with Crippen LogP contribution in [-0.2, 0) is 16.0 Å². The number of aryl methyl sites for hydroxylation is 1. The van der Waals surface area contributed by atoms with Crippen LogP contribution in [0.2, 0.25) is 0 Å². The Labute approximate surface area is 109 Å². The highest BCUT2D eigenvalue weighted by Crippen LogP contribution is 2.06. The molecule has 1 heterocycles. The minimum atomic E-state index is -0.974. The molecule has 0 bridgehead atoms. The van der Waals surface area contributed by atoms with Gasteiger partial charge in [0.2, 0.25) is 5.89 Å². The van der Waals surface area contributed by atoms with Crippen LogP contribution >= 0.6 is 0 Å². The normalized spacial score (nSPS) is 11.0. The Morgan fingerprint density at radius 3 is 3.05 bits per heavy atom. The van der Waals surface area contributed by atoms with Gasteiger partial charge in [-0.1, -0.05) is 6.08 Å². The number of amides is 1. The molecule has 0 aliphatic rings. The third-order valence-corrected chi connectivity index (χ3v) is 2.01. The number of nitrogens with one attached hydrogen (secondary N) is 1. The number of rotatable bonds is 6. The average Bonchev–Trinajstić information content (AvgIpc) is 2.82. The van der Waals surface area contributed by atoms with Crippen LogP contribution < -0.4 is 5.32 Å². The van der Waals surface area contributed by atoms with Crippen molar-refractivity contribution >= 4 is 18.1 Å². The fraction of sp³-hybridized carbons (Fsp3) is 0.250. The Bertz CT molecular complexity index is 490. The molecule has 0 saturated heterocycles. The van der Waals surface area contributed by atoms with E-state index in [1.165, 1.54) is 25.6 Å². The standard InChI is InChI=1S/C12H14N2O5/c1-18-12(17)13-7-6-10-14-9(8-19-10)4-2-3-5-11(15)16/h3,5-8H,2,4H2,1H3,(H,13,17)(H,15,16)/b5-3-,7-6-. The van der Waals surface area contributed by atoms with Crippen LogP contribution in [0.3, 0.4) is 0 Å². The Hall–Kier alpha value is -2.57. The van der Waals surface area contributed by atoms with Gasteiger partial charge in [-0.2, -0.15) is 0 Å². The molecule has 7 nitrogen and oxygen atoms in total. The minimum absolute atomic E-state index is 0.341. The molecule has 19 heavy (non-hydrogen) atoms. The third-order valence-electron chi connectivity index (χ3n) is 2.01. The monoisotopic (exact) mass is 266 g/mol. The average molecular weight is 266 g/mol. The van der Waals surface area contributed by atoms with E-state index in [1.807, 2.05) is 0 Å². The fourth-order valence-corrected chi connectivity index (χ4v) is 1.17. The highest BCUT2D eigenvalue weighted by atomic mass is 16.5. The van der Waals surface area contributed by atoms with Crippen molar-refractivity contribution in [3.63, 3.8) is 0 Å². The number of carboxylic acids is 1. The van der Waals surface area contributed by atoms with E-state index in [0.29, 0.717) is 24.4 Å². The summed E-state index contributed by atoms with van der Waals surface area (Å²) >= 11 is 0. The Balaban J connectivity index is 2.40. The van der Waals surface area contributed by atoms with Gasteiger partial charge >= 0.3 is 12.1 Å². The van der Waals surface area contributed by atoms with Gasteiger partial charge in [0.25, 0.3) is 0 Å². The lowest BCUT2D eigenvalue weighted by Crippen LogP contribution is -2.15. The molecule has 0 atom stereocenters. The van der Waals surface area contributed by atoms with Gasteiger partial charge in [-0.15, -0.1) is 0 Å². The van der Waals surface area contributed by atoms with E-state index in [-0.39, 0.29) is 0 Å². The van der Waals surface area contributed by atoms with Crippen LogP contribution in [-0.4, -0.2) is 29.3 Å². The van der Waals surface area contributed by atoms with Crippen molar-refractivity contribution in [3.05, 3.63) is 36.2 Å². The fourth-order valence-electron chi connectivity index (χ4n) is 1.17. The summed E-state index contributed by atoms with van der Waals surface area (Å²) in [4.78, 5) is 25.1. The zero-order chi connectivity index (χ0) is 14.1. The minimum Gasteiger partial charge on any atom is -0.478 e. The number of carboxylic acid groups (broad SMARTS) is 1. The van der Waals surface area contributed by atoms with Crippen molar-refractivity contribution in [2.75, 3.05) is 7.11 Å². The maximum Gasteiger partial charge on any atom is 0.410 e. The molecule has 7 heteroatoms. The Morgan fingerprint density at radius 2 is 2.37 bits per heavy atom. The van der Waals surface area contributed by atoms with Gasteiger partial charge in [0.05, 0.1) is 12.8 Å². The maximum atomic E-state index is 10.7. The quantitative estimate of drug-likeness (QED) is 0.758. The topological polar surface area (TPSA) is 102 Å². The first kappa shape index (κ1) is 14.5. The smallest absolute Gasteiger partial charge is 0.410 e. The van der Waals surface area contributed by atoms with E-state index in [4.69, 9.17) is 9.52 Å². The molecule has 1 rings (SSSR count). The Morgan fingerprint density at radius 1 is 1.58 bits per heavy atom. The summed E-state index contributed by atoms with van der Waals surface area (Å²) in [7, 11) is 1.26. The van der Waals surface area contributed by atoms with E-state index < -0.39 is 12.1 Å². The molecule has 0 fully saturated rings. The van der Waals surface area contributed by atoms with Gasteiger partial charge in [0, 0.05) is 18.4 Å². The molecule has 0 aromatic carbocycles. The van der Waals surface area contributed by atoms with E-state index in [0.717, 1.165) is 6.08 Å². The van der Waals surface area contributed by atoms with Crippen molar-refractivity contribution in [1.29, 1.82) is 0 Å². The van der Waals surface area contributed by atoms with Crippen molar-refractivity contribution in [3.8, 4) is 0 Å². The number of aliphatic carboxylic acids is 1. The molecule has 1 aromatic heterocycles.